The molecule has 8 heteroatoms. The Morgan fingerprint density at radius 2 is 2.05 bits per heavy atom. The van der Waals surface area contributed by atoms with Crippen molar-refractivity contribution >= 4 is 17.3 Å². The molecule has 1 saturated heterocycles. The van der Waals surface area contributed by atoms with E-state index in [0.29, 0.717) is 12.2 Å². The maximum absolute atomic E-state index is 12.1. The van der Waals surface area contributed by atoms with Gasteiger partial charge in [0.1, 0.15) is 5.75 Å². The molecule has 120 valence electrons. The number of rotatable bonds is 5. The first-order valence-electron chi connectivity index (χ1n) is 7.03. The van der Waals surface area contributed by atoms with Crippen LogP contribution >= 0.6 is 0 Å². The Bertz CT molecular complexity index is 556. The summed E-state index contributed by atoms with van der Waals surface area (Å²) in [7, 11) is 3.47. The average molecular weight is 308 g/mol. The number of hydrogen-bond donors (Lipinski definition) is 1. The molecule has 0 spiro atoms. The average Bonchev–Trinajstić information content (AvgIpc) is 2.49. The Kier molecular flexibility index (Phi) is 5.29. The molecule has 22 heavy (non-hydrogen) atoms. The lowest BCUT2D eigenvalue weighted by Crippen LogP contribution is -2.47. The van der Waals surface area contributed by atoms with Crippen molar-refractivity contribution in [1.29, 1.82) is 0 Å². The highest BCUT2D eigenvalue weighted by Gasteiger charge is 2.18. The first kappa shape index (κ1) is 16.2. The van der Waals surface area contributed by atoms with Gasteiger partial charge in [0.2, 0.25) is 5.91 Å². The van der Waals surface area contributed by atoms with Gasteiger partial charge in [-0.2, -0.15) is 0 Å². The molecule has 1 fully saturated rings. The standard InChI is InChI=1S/C14H20N4O4/c1-16-5-7-17(8-6-16)10-14(19)15-12-4-3-11(18(20)21)9-13(12)22-2/h3-4,9H,5-8,10H2,1-2H3,(H,15,19). The fourth-order valence-electron chi connectivity index (χ4n) is 2.30. The van der Waals surface area contributed by atoms with E-state index < -0.39 is 4.92 Å². The first-order valence-corrected chi connectivity index (χ1v) is 7.03. The van der Waals surface area contributed by atoms with Gasteiger partial charge in [-0.3, -0.25) is 19.8 Å². The van der Waals surface area contributed by atoms with Crippen LogP contribution in [0.25, 0.3) is 0 Å². The second kappa shape index (κ2) is 7.19. The number of carbonyl (C=O) groups excluding carboxylic acids is 1. The number of methoxy groups -OCH3 is 1. The van der Waals surface area contributed by atoms with Crippen LogP contribution in [0.5, 0.6) is 5.75 Å². The van der Waals surface area contributed by atoms with Crippen molar-refractivity contribution in [2.24, 2.45) is 0 Å². The molecule has 0 saturated carbocycles. The molecular weight excluding hydrogens is 288 g/mol. The number of non-ortho nitro benzene ring substituents is 1. The Hall–Kier alpha value is -2.19. The molecule has 0 radical (unpaired) electrons. The van der Waals surface area contributed by atoms with Gasteiger partial charge in [-0.25, -0.2) is 0 Å². The number of nitrogens with one attached hydrogen (secondary N) is 1. The number of nitrogens with zero attached hydrogens (tertiary/aromatic N) is 3. The Morgan fingerprint density at radius 1 is 1.36 bits per heavy atom. The summed E-state index contributed by atoms with van der Waals surface area (Å²) in [5.74, 6) is 0.123. The number of nitro groups is 1. The minimum absolute atomic E-state index is 0.0751. The molecule has 0 aromatic heterocycles. The van der Waals surface area contributed by atoms with E-state index in [-0.39, 0.29) is 17.3 Å². The van der Waals surface area contributed by atoms with Crippen molar-refractivity contribution in [3.8, 4) is 5.75 Å². The summed E-state index contributed by atoms with van der Waals surface area (Å²) in [5, 5.41) is 13.5. The largest absolute Gasteiger partial charge is 0.494 e. The quantitative estimate of drug-likeness (QED) is 0.639. The number of amides is 1. The van der Waals surface area contributed by atoms with Crippen molar-refractivity contribution in [2.75, 3.05) is 52.2 Å². The minimum atomic E-state index is -0.502. The van der Waals surface area contributed by atoms with Crippen LogP contribution in [0.2, 0.25) is 0 Å². The highest BCUT2D eigenvalue weighted by molar-refractivity contribution is 5.93. The number of benzene rings is 1. The van der Waals surface area contributed by atoms with Gasteiger partial charge in [-0.1, -0.05) is 0 Å². The van der Waals surface area contributed by atoms with E-state index in [1.54, 1.807) is 0 Å². The van der Waals surface area contributed by atoms with Crippen LogP contribution in [0.3, 0.4) is 0 Å². The summed E-state index contributed by atoms with van der Waals surface area (Å²) in [5.41, 5.74) is 0.362. The van der Waals surface area contributed by atoms with Crippen molar-refractivity contribution in [2.45, 2.75) is 0 Å². The number of hydrogen-bond acceptors (Lipinski definition) is 6. The molecule has 1 aromatic carbocycles. The predicted molar refractivity (Wildman–Crippen MR) is 82.2 cm³/mol. The number of anilines is 1. The summed E-state index contributed by atoms with van der Waals surface area (Å²) in [6.07, 6.45) is 0. The molecule has 1 aliphatic heterocycles. The molecule has 0 aliphatic carbocycles. The number of likely N-dealkylation sites (N-methyl/N-ethyl adjacent to an activating group) is 1. The highest BCUT2D eigenvalue weighted by Crippen LogP contribution is 2.28. The Balaban J connectivity index is 1.97. The van der Waals surface area contributed by atoms with E-state index in [2.05, 4.69) is 22.2 Å². The van der Waals surface area contributed by atoms with E-state index in [1.807, 2.05) is 0 Å². The fraction of sp³-hybridized carbons (Fsp3) is 0.500. The molecule has 1 heterocycles. The normalized spacial score (nSPS) is 16.3. The van der Waals surface area contributed by atoms with E-state index in [9.17, 15) is 14.9 Å². The molecule has 1 aliphatic rings. The highest BCUT2D eigenvalue weighted by atomic mass is 16.6. The molecule has 1 N–H and O–H groups in total. The molecule has 0 unspecified atom stereocenters. The second-order valence-corrected chi connectivity index (χ2v) is 5.27. The monoisotopic (exact) mass is 308 g/mol. The van der Waals surface area contributed by atoms with Crippen molar-refractivity contribution in [1.82, 2.24) is 9.80 Å². The summed E-state index contributed by atoms with van der Waals surface area (Å²) in [6.45, 7) is 3.87. The summed E-state index contributed by atoms with van der Waals surface area (Å²) < 4.78 is 5.10. The SMILES string of the molecule is COc1cc([N+](=O)[O-])ccc1NC(=O)CN1CCN(C)CC1. The number of ether oxygens (including phenoxy) is 1. The minimum Gasteiger partial charge on any atom is -0.494 e. The molecular formula is C14H20N4O4. The van der Waals surface area contributed by atoms with Gasteiger partial charge in [-0.05, 0) is 13.1 Å². The molecule has 0 atom stereocenters. The van der Waals surface area contributed by atoms with Gasteiger partial charge >= 0.3 is 0 Å². The predicted octanol–water partition coefficient (Wildman–Crippen LogP) is 0.789. The van der Waals surface area contributed by atoms with Crippen LogP contribution in [0.15, 0.2) is 18.2 Å². The number of nitro benzene ring substituents is 1. The zero-order chi connectivity index (χ0) is 16.1. The van der Waals surface area contributed by atoms with Crippen molar-refractivity contribution in [3.63, 3.8) is 0 Å². The van der Waals surface area contributed by atoms with Gasteiger partial charge in [0.15, 0.2) is 0 Å². The van der Waals surface area contributed by atoms with E-state index in [0.717, 1.165) is 26.2 Å². The first-order chi connectivity index (χ1) is 10.5. The molecule has 0 bridgehead atoms. The molecule has 1 aromatic rings. The molecule has 1 amide bonds. The number of piperazine rings is 1. The maximum atomic E-state index is 12.1. The number of carbonyl (C=O) groups is 1. The topological polar surface area (TPSA) is 87.9 Å². The lowest BCUT2D eigenvalue weighted by molar-refractivity contribution is -0.384. The second-order valence-electron chi connectivity index (χ2n) is 5.27. The lowest BCUT2D eigenvalue weighted by atomic mass is 10.2. The third-order valence-electron chi connectivity index (χ3n) is 3.63. The lowest BCUT2D eigenvalue weighted by Gasteiger charge is -2.31. The van der Waals surface area contributed by atoms with Crippen molar-refractivity contribution < 1.29 is 14.5 Å². The van der Waals surface area contributed by atoms with Gasteiger partial charge in [0.05, 0.1) is 30.3 Å². The van der Waals surface area contributed by atoms with Crippen LogP contribution in [-0.4, -0.2) is 67.5 Å². The van der Waals surface area contributed by atoms with Crippen LogP contribution in [0.4, 0.5) is 11.4 Å². The summed E-state index contributed by atoms with van der Waals surface area (Å²) >= 11 is 0. The summed E-state index contributed by atoms with van der Waals surface area (Å²) in [6, 6.07) is 4.12. The van der Waals surface area contributed by atoms with Crippen LogP contribution in [0, 0.1) is 10.1 Å². The fourth-order valence-corrected chi connectivity index (χ4v) is 2.30. The summed E-state index contributed by atoms with van der Waals surface area (Å²) in [4.78, 5) is 26.6. The van der Waals surface area contributed by atoms with Crippen LogP contribution in [0.1, 0.15) is 0 Å². The Labute approximate surface area is 128 Å². The third-order valence-corrected chi connectivity index (χ3v) is 3.63. The van der Waals surface area contributed by atoms with E-state index >= 15 is 0 Å². The van der Waals surface area contributed by atoms with Gasteiger partial charge in [-0.15, -0.1) is 0 Å². The van der Waals surface area contributed by atoms with Crippen LogP contribution < -0.4 is 10.1 Å². The molecule has 2 rings (SSSR count). The zero-order valence-electron chi connectivity index (χ0n) is 12.7. The smallest absolute Gasteiger partial charge is 0.273 e. The van der Waals surface area contributed by atoms with Gasteiger partial charge in [0.25, 0.3) is 5.69 Å². The van der Waals surface area contributed by atoms with Crippen LogP contribution in [-0.2, 0) is 4.79 Å². The van der Waals surface area contributed by atoms with Gasteiger partial charge < -0.3 is 15.0 Å². The van der Waals surface area contributed by atoms with Gasteiger partial charge in [0, 0.05) is 32.2 Å². The van der Waals surface area contributed by atoms with Crippen molar-refractivity contribution in [3.05, 3.63) is 28.3 Å². The van der Waals surface area contributed by atoms with E-state index in [4.69, 9.17) is 4.74 Å². The van der Waals surface area contributed by atoms with E-state index in [1.165, 1.54) is 25.3 Å². The zero-order valence-corrected chi connectivity index (χ0v) is 12.7. The third kappa shape index (κ3) is 4.15. The molecule has 8 nitrogen and oxygen atoms in total. The maximum Gasteiger partial charge on any atom is 0.273 e. The Morgan fingerprint density at radius 3 is 2.64 bits per heavy atom.